The van der Waals surface area contributed by atoms with E-state index in [0.717, 1.165) is 18.4 Å². The van der Waals surface area contributed by atoms with Crippen LogP contribution < -0.4 is 5.32 Å². The molecular weight excluding hydrogens is 252 g/mol. The number of rotatable bonds is 3. The molecule has 1 fully saturated rings. The summed E-state index contributed by atoms with van der Waals surface area (Å²) in [5.41, 5.74) is 1.64. The Morgan fingerprint density at radius 3 is 2.74 bits per heavy atom. The van der Waals surface area contributed by atoms with Crippen molar-refractivity contribution in [3.05, 3.63) is 15.6 Å². The molecule has 1 N–H and O–H groups in total. The maximum atomic E-state index is 5.02. The van der Waals surface area contributed by atoms with Crippen molar-refractivity contribution in [3.63, 3.8) is 0 Å². The van der Waals surface area contributed by atoms with E-state index in [1.54, 1.807) is 4.88 Å². The molecule has 0 aliphatic heterocycles. The van der Waals surface area contributed by atoms with Gasteiger partial charge in [-0.15, -0.1) is 11.3 Å². The topological polar surface area (TPSA) is 24.9 Å². The smallest absolute Gasteiger partial charge is 0.0964 e. The molecule has 1 heterocycles. The predicted octanol–water partition coefficient (Wildman–Crippen LogP) is 4.07. The number of nitrogens with one attached hydrogen (secondary N) is 1. The number of hydrogen-bond acceptors (Lipinski definition) is 3. The van der Waals surface area contributed by atoms with Crippen molar-refractivity contribution in [2.75, 3.05) is 6.54 Å². The van der Waals surface area contributed by atoms with Crippen LogP contribution in [0.25, 0.3) is 0 Å². The van der Waals surface area contributed by atoms with E-state index in [-0.39, 0.29) is 5.54 Å². The monoisotopic (exact) mass is 278 g/mol. The predicted molar refractivity (Wildman–Crippen MR) is 82.1 cm³/mol. The molecule has 0 amide bonds. The Kier molecular flexibility index (Phi) is 3.46. The van der Waals surface area contributed by atoms with Gasteiger partial charge < -0.3 is 5.32 Å². The summed E-state index contributed by atoms with van der Waals surface area (Å²) < 4.78 is 0. The van der Waals surface area contributed by atoms with Gasteiger partial charge in [0.1, 0.15) is 0 Å². The van der Waals surface area contributed by atoms with E-state index in [0.29, 0.717) is 5.92 Å². The molecule has 0 aromatic carbocycles. The highest BCUT2D eigenvalue weighted by molar-refractivity contribution is 7.11. The molecule has 1 saturated carbocycles. The van der Waals surface area contributed by atoms with Crippen molar-refractivity contribution in [1.29, 1.82) is 0 Å². The van der Waals surface area contributed by atoms with Crippen LogP contribution in [0.5, 0.6) is 0 Å². The summed E-state index contributed by atoms with van der Waals surface area (Å²) in [5, 5.41) is 5.09. The normalized spacial score (nSPS) is 30.2. The zero-order valence-corrected chi connectivity index (χ0v) is 13.4. The first-order valence-corrected chi connectivity index (χ1v) is 8.50. The lowest BCUT2D eigenvalue weighted by molar-refractivity contribution is 0.388. The van der Waals surface area contributed by atoms with Crippen molar-refractivity contribution in [2.24, 2.45) is 5.92 Å². The van der Waals surface area contributed by atoms with Crippen molar-refractivity contribution >= 4 is 11.3 Å². The minimum atomic E-state index is 0.210. The Morgan fingerprint density at radius 1 is 1.37 bits per heavy atom. The first-order valence-electron chi connectivity index (χ1n) is 7.68. The van der Waals surface area contributed by atoms with E-state index in [9.17, 15) is 0 Å². The highest BCUT2D eigenvalue weighted by Gasteiger charge is 2.38. The summed E-state index contributed by atoms with van der Waals surface area (Å²) in [6.07, 6.45) is 5.27. The number of fused-ring (bicyclic) bond motifs is 1. The summed E-state index contributed by atoms with van der Waals surface area (Å²) in [7, 11) is 0. The van der Waals surface area contributed by atoms with E-state index < -0.39 is 0 Å². The summed E-state index contributed by atoms with van der Waals surface area (Å²) in [4.78, 5) is 6.61. The van der Waals surface area contributed by atoms with Crippen molar-refractivity contribution < 1.29 is 0 Å². The quantitative estimate of drug-likeness (QED) is 0.901. The average molecular weight is 278 g/mol. The van der Waals surface area contributed by atoms with E-state index in [4.69, 9.17) is 4.98 Å². The Bertz CT molecular complexity index is 458. The number of aryl methyl sites for hydroxylation is 1. The summed E-state index contributed by atoms with van der Waals surface area (Å²) in [5.74, 6) is 2.30. The summed E-state index contributed by atoms with van der Waals surface area (Å²) in [6.45, 7) is 10.2. The van der Waals surface area contributed by atoms with E-state index in [2.05, 4.69) is 33.0 Å². The van der Waals surface area contributed by atoms with Gasteiger partial charge in [0.2, 0.25) is 0 Å². The molecule has 0 bridgehead atoms. The Balaban J connectivity index is 1.74. The fourth-order valence-corrected chi connectivity index (χ4v) is 4.42. The second-order valence-electron chi connectivity index (χ2n) is 7.40. The number of nitrogens with zero attached hydrogens (tertiary/aromatic N) is 1. The molecule has 1 aromatic rings. The third-order valence-electron chi connectivity index (χ3n) is 4.39. The van der Waals surface area contributed by atoms with Gasteiger partial charge in [-0.2, -0.15) is 0 Å². The highest BCUT2D eigenvalue weighted by atomic mass is 32.1. The lowest BCUT2D eigenvalue weighted by Gasteiger charge is -2.27. The van der Waals surface area contributed by atoms with Gasteiger partial charge in [-0.25, -0.2) is 4.98 Å². The molecule has 0 radical (unpaired) electrons. The lowest BCUT2D eigenvalue weighted by Crippen LogP contribution is -2.39. The van der Waals surface area contributed by atoms with Gasteiger partial charge in [0.25, 0.3) is 0 Å². The van der Waals surface area contributed by atoms with E-state index >= 15 is 0 Å². The number of hydrogen-bond donors (Lipinski definition) is 1. The molecule has 2 aliphatic carbocycles. The van der Waals surface area contributed by atoms with Gasteiger partial charge in [0.15, 0.2) is 0 Å². The van der Waals surface area contributed by atoms with Crippen LogP contribution in [0.1, 0.15) is 74.4 Å². The molecular formula is C16H26N2S. The lowest BCUT2D eigenvalue weighted by atomic mass is 9.90. The number of thiazole rings is 1. The Hall–Kier alpha value is -0.410. The molecule has 19 heavy (non-hydrogen) atoms. The van der Waals surface area contributed by atoms with Gasteiger partial charge in [-0.3, -0.25) is 0 Å². The zero-order valence-electron chi connectivity index (χ0n) is 12.6. The van der Waals surface area contributed by atoms with E-state index in [1.807, 2.05) is 11.3 Å². The first kappa shape index (κ1) is 13.6. The largest absolute Gasteiger partial charge is 0.311 e. The maximum Gasteiger partial charge on any atom is 0.0964 e. The van der Waals surface area contributed by atoms with Crippen LogP contribution in [0.2, 0.25) is 0 Å². The second kappa shape index (κ2) is 4.85. The fraction of sp³-hybridized carbons (Fsp3) is 0.812. The molecule has 1 aromatic heterocycles. The summed E-state index contributed by atoms with van der Waals surface area (Å²) >= 11 is 2.01. The van der Waals surface area contributed by atoms with Gasteiger partial charge in [-0.1, -0.05) is 6.92 Å². The van der Waals surface area contributed by atoms with Crippen molar-refractivity contribution in [1.82, 2.24) is 10.3 Å². The van der Waals surface area contributed by atoms with Crippen molar-refractivity contribution in [3.8, 4) is 0 Å². The second-order valence-corrected chi connectivity index (χ2v) is 8.52. The highest BCUT2D eigenvalue weighted by Crippen LogP contribution is 2.50. The van der Waals surface area contributed by atoms with Crippen LogP contribution >= 0.6 is 11.3 Å². The summed E-state index contributed by atoms with van der Waals surface area (Å²) in [6, 6.07) is 0. The van der Waals surface area contributed by atoms with Gasteiger partial charge in [-0.05, 0) is 52.4 Å². The Morgan fingerprint density at radius 2 is 2.11 bits per heavy atom. The minimum absolute atomic E-state index is 0.210. The van der Waals surface area contributed by atoms with Crippen LogP contribution in [0.4, 0.5) is 0 Å². The van der Waals surface area contributed by atoms with Gasteiger partial charge >= 0.3 is 0 Å². The van der Waals surface area contributed by atoms with Crippen LogP contribution in [0.3, 0.4) is 0 Å². The molecule has 2 aliphatic rings. The maximum absolute atomic E-state index is 5.02. The van der Waals surface area contributed by atoms with Crippen LogP contribution in [0, 0.1) is 5.92 Å². The SMILES string of the molecule is CC1CC1c1nc2c(s1)CCCC2CNC(C)(C)C. The van der Waals surface area contributed by atoms with Crippen LogP contribution in [0.15, 0.2) is 0 Å². The molecule has 3 heteroatoms. The molecule has 3 unspecified atom stereocenters. The third kappa shape index (κ3) is 3.03. The van der Waals surface area contributed by atoms with Gasteiger partial charge in [0.05, 0.1) is 10.7 Å². The fourth-order valence-electron chi connectivity index (χ4n) is 2.98. The zero-order chi connectivity index (χ0) is 13.6. The average Bonchev–Trinajstić information content (AvgIpc) is 2.89. The van der Waals surface area contributed by atoms with Crippen molar-refractivity contribution in [2.45, 2.75) is 70.8 Å². The van der Waals surface area contributed by atoms with Gasteiger partial charge in [0, 0.05) is 28.8 Å². The molecule has 2 nitrogen and oxygen atoms in total. The van der Waals surface area contributed by atoms with Crippen LogP contribution in [-0.2, 0) is 6.42 Å². The molecule has 106 valence electrons. The molecule has 3 atom stereocenters. The van der Waals surface area contributed by atoms with E-state index in [1.165, 1.54) is 36.4 Å². The molecule has 0 saturated heterocycles. The third-order valence-corrected chi connectivity index (χ3v) is 5.66. The number of aromatic nitrogens is 1. The standard InChI is InChI=1S/C16H26N2S/c1-10-8-12(10)15-18-14-11(9-17-16(2,3)4)6-5-7-13(14)19-15/h10-12,17H,5-9H2,1-4H3. The Labute approximate surface area is 121 Å². The molecule has 3 rings (SSSR count). The first-order chi connectivity index (χ1) is 8.94. The molecule has 0 spiro atoms. The minimum Gasteiger partial charge on any atom is -0.311 e. The van der Waals surface area contributed by atoms with Crippen LogP contribution in [-0.4, -0.2) is 17.1 Å².